The van der Waals surface area contributed by atoms with Crippen LogP contribution in [0, 0.1) is 17.6 Å². The van der Waals surface area contributed by atoms with Crippen LogP contribution in [0.4, 0.5) is 8.78 Å². The second-order valence-corrected chi connectivity index (χ2v) is 9.03. The topological polar surface area (TPSA) is 79.2 Å². The molecule has 0 saturated heterocycles. The summed E-state index contributed by atoms with van der Waals surface area (Å²) in [4.78, 5) is 24.9. The van der Waals surface area contributed by atoms with E-state index < -0.39 is 24.5 Å². The molecule has 0 bridgehead atoms. The smallest absolute Gasteiger partial charge is 0.339 e. The number of aromatic carboxylic acids is 1. The number of carbonyl (C=O) groups is 2. The molecule has 1 heterocycles. The molecule has 37 heavy (non-hydrogen) atoms. The fourth-order valence-corrected chi connectivity index (χ4v) is 4.94. The molecule has 2 aliphatic rings. The van der Waals surface area contributed by atoms with E-state index in [1.807, 2.05) is 6.08 Å². The number of carbonyl (C=O) groups excluding carboxylic acids is 1. The molecule has 0 radical (unpaired) electrons. The maximum atomic E-state index is 13.7. The van der Waals surface area contributed by atoms with E-state index >= 15 is 0 Å². The Hall–Kier alpha value is -4.33. The van der Waals surface area contributed by atoms with E-state index in [-0.39, 0.29) is 28.9 Å². The van der Waals surface area contributed by atoms with Crippen molar-refractivity contribution in [3.05, 3.63) is 107 Å². The fourth-order valence-electron chi connectivity index (χ4n) is 4.94. The van der Waals surface area contributed by atoms with Gasteiger partial charge >= 0.3 is 5.97 Å². The van der Waals surface area contributed by atoms with Gasteiger partial charge in [0.25, 0.3) is 5.91 Å². The van der Waals surface area contributed by atoms with Crippen molar-refractivity contribution in [1.29, 1.82) is 0 Å². The number of rotatable bonds is 6. The highest BCUT2D eigenvalue weighted by atomic mass is 19.1. The average Bonchev–Trinajstić information content (AvgIpc) is 3.30. The predicted octanol–water partition coefficient (Wildman–Crippen LogP) is 5.87. The van der Waals surface area contributed by atoms with Gasteiger partial charge in [0.1, 0.15) is 22.9 Å². The van der Waals surface area contributed by atoms with Crippen LogP contribution >= 0.6 is 0 Å². The van der Waals surface area contributed by atoms with Gasteiger partial charge in [0.15, 0.2) is 6.61 Å². The lowest BCUT2D eigenvalue weighted by atomic mass is 9.77. The second kappa shape index (κ2) is 10.3. The van der Waals surface area contributed by atoms with Crippen LogP contribution in [0.1, 0.15) is 46.8 Å². The Morgan fingerprint density at radius 1 is 1.00 bits per heavy atom. The largest absolute Gasteiger partial charge is 0.483 e. The zero-order valence-corrected chi connectivity index (χ0v) is 19.8. The molecule has 2 atom stereocenters. The van der Waals surface area contributed by atoms with E-state index in [2.05, 4.69) is 0 Å². The summed E-state index contributed by atoms with van der Waals surface area (Å²) in [5.74, 6) is -2.33. The summed E-state index contributed by atoms with van der Waals surface area (Å²) in [7, 11) is 0. The minimum absolute atomic E-state index is 0.0451. The highest BCUT2D eigenvalue weighted by Crippen LogP contribution is 2.44. The molecular formula is C29H24F2N2O4. The lowest BCUT2D eigenvalue weighted by Crippen LogP contribution is -2.34. The van der Waals surface area contributed by atoms with Gasteiger partial charge in [0.2, 0.25) is 0 Å². The maximum Gasteiger partial charge on any atom is 0.339 e. The SMILES string of the molecule is O=C(O)c1ccccc1OCC(=O)N1N=C2C(=Cc3ccc(F)cc3)CCCC2C1c1ccc(F)cc1. The number of amides is 1. The van der Waals surface area contributed by atoms with Crippen LogP contribution < -0.4 is 4.74 Å². The van der Waals surface area contributed by atoms with Crippen molar-refractivity contribution >= 4 is 23.7 Å². The van der Waals surface area contributed by atoms with Crippen molar-refractivity contribution < 1.29 is 28.2 Å². The van der Waals surface area contributed by atoms with Crippen molar-refractivity contribution in [3.8, 4) is 5.75 Å². The number of fused-ring (bicyclic) bond motifs is 1. The molecule has 0 spiro atoms. The molecule has 3 aromatic rings. The summed E-state index contributed by atoms with van der Waals surface area (Å²) in [5.41, 5.74) is 3.26. The molecule has 2 unspecified atom stereocenters. The number of benzene rings is 3. The number of nitrogens with zero attached hydrogens (tertiary/aromatic N) is 2. The van der Waals surface area contributed by atoms with Crippen molar-refractivity contribution in [2.24, 2.45) is 11.0 Å². The number of carboxylic acids is 1. The molecule has 1 N–H and O–H groups in total. The van der Waals surface area contributed by atoms with E-state index in [4.69, 9.17) is 9.84 Å². The summed E-state index contributed by atoms with van der Waals surface area (Å²) >= 11 is 0. The molecular weight excluding hydrogens is 478 g/mol. The van der Waals surface area contributed by atoms with Gasteiger partial charge in [-0.25, -0.2) is 18.6 Å². The molecule has 1 aliphatic carbocycles. The van der Waals surface area contributed by atoms with Gasteiger partial charge in [0.05, 0.1) is 11.8 Å². The Labute approximate surface area is 212 Å². The molecule has 1 aliphatic heterocycles. The summed E-state index contributed by atoms with van der Waals surface area (Å²) in [6, 6.07) is 17.8. The molecule has 0 aromatic heterocycles. The zero-order chi connectivity index (χ0) is 25.9. The molecule has 5 rings (SSSR count). The van der Waals surface area contributed by atoms with E-state index in [9.17, 15) is 23.5 Å². The Morgan fingerprint density at radius 2 is 1.68 bits per heavy atom. The number of allylic oxidation sites excluding steroid dienone is 1. The van der Waals surface area contributed by atoms with Gasteiger partial charge in [-0.3, -0.25) is 4.79 Å². The monoisotopic (exact) mass is 502 g/mol. The lowest BCUT2D eigenvalue weighted by Gasteiger charge is -2.29. The molecule has 3 aromatic carbocycles. The van der Waals surface area contributed by atoms with Gasteiger partial charge < -0.3 is 9.84 Å². The van der Waals surface area contributed by atoms with Crippen molar-refractivity contribution in [2.75, 3.05) is 6.61 Å². The van der Waals surface area contributed by atoms with Gasteiger partial charge in [0, 0.05) is 5.92 Å². The third kappa shape index (κ3) is 5.14. The quantitative estimate of drug-likeness (QED) is 0.458. The molecule has 188 valence electrons. The number of hydrazone groups is 1. The predicted molar refractivity (Wildman–Crippen MR) is 134 cm³/mol. The lowest BCUT2D eigenvalue weighted by molar-refractivity contribution is -0.135. The van der Waals surface area contributed by atoms with Crippen LogP contribution in [0.3, 0.4) is 0 Å². The molecule has 6 nitrogen and oxygen atoms in total. The summed E-state index contributed by atoms with van der Waals surface area (Å²) in [6.45, 7) is -0.414. The van der Waals surface area contributed by atoms with Gasteiger partial charge in [-0.05, 0) is 78.4 Å². The van der Waals surface area contributed by atoms with E-state index in [1.165, 1.54) is 41.4 Å². The van der Waals surface area contributed by atoms with Gasteiger partial charge in [-0.1, -0.05) is 36.4 Å². The highest BCUT2D eigenvalue weighted by molar-refractivity contribution is 6.08. The van der Waals surface area contributed by atoms with Crippen LogP contribution in [0.25, 0.3) is 6.08 Å². The number of ether oxygens (including phenoxy) is 1. The summed E-state index contributed by atoms with van der Waals surface area (Å²) in [5, 5.41) is 15.5. The minimum atomic E-state index is -1.16. The first-order valence-corrected chi connectivity index (χ1v) is 12.0. The fraction of sp³-hybridized carbons (Fsp3) is 0.207. The minimum Gasteiger partial charge on any atom is -0.483 e. The number of para-hydroxylation sites is 1. The standard InChI is InChI=1S/C29H24F2N2O4/c30-21-12-8-18(9-13-21)16-20-4-3-6-24-27(20)32-33(28(24)19-10-14-22(31)15-11-19)26(34)17-37-25-7-2-1-5-23(25)29(35)36/h1-2,5,7-16,24,28H,3-4,6,17H2,(H,35,36). The highest BCUT2D eigenvalue weighted by Gasteiger charge is 2.43. The molecule has 1 fully saturated rings. The first-order chi connectivity index (χ1) is 17.9. The molecule has 1 saturated carbocycles. The number of halogens is 2. The van der Waals surface area contributed by atoms with Gasteiger partial charge in [-0.2, -0.15) is 5.10 Å². The molecule has 1 amide bonds. The number of hydrogen-bond donors (Lipinski definition) is 1. The second-order valence-electron chi connectivity index (χ2n) is 9.03. The Bertz CT molecular complexity index is 1380. The van der Waals surface area contributed by atoms with E-state index in [0.29, 0.717) is 0 Å². The summed E-state index contributed by atoms with van der Waals surface area (Å²) in [6.07, 6.45) is 4.38. The van der Waals surface area contributed by atoms with E-state index in [1.54, 1.807) is 36.4 Å². The van der Waals surface area contributed by atoms with Crippen LogP contribution in [0.2, 0.25) is 0 Å². The first kappa shape index (κ1) is 24.4. The maximum absolute atomic E-state index is 13.7. The first-order valence-electron chi connectivity index (χ1n) is 12.0. The van der Waals surface area contributed by atoms with Crippen LogP contribution in [0.5, 0.6) is 5.75 Å². The Kier molecular flexibility index (Phi) is 6.81. The normalized spacial score (nSPS) is 19.9. The third-order valence-corrected chi connectivity index (χ3v) is 6.65. The Morgan fingerprint density at radius 3 is 2.38 bits per heavy atom. The Balaban J connectivity index is 1.47. The molecule has 8 heteroatoms. The van der Waals surface area contributed by atoms with Crippen molar-refractivity contribution in [3.63, 3.8) is 0 Å². The van der Waals surface area contributed by atoms with E-state index in [0.717, 1.165) is 41.7 Å². The van der Waals surface area contributed by atoms with Crippen LogP contribution in [0.15, 0.2) is 83.5 Å². The van der Waals surface area contributed by atoms with Crippen LogP contribution in [-0.4, -0.2) is 34.3 Å². The average molecular weight is 503 g/mol. The van der Waals surface area contributed by atoms with Crippen molar-refractivity contribution in [2.45, 2.75) is 25.3 Å². The summed E-state index contributed by atoms with van der Waals surface area (Å²) < 4.78 is 32.7. The zero-order valence-electron chi connectivity index (χ0n) is 19.8. The third-order valence-electron chi connectivity index (χ3n) is 6.65. The van der Waals surface area contributed by atoms with Gasteiger partial charge in [-0.15, -0.1) is 0 Å². The van der Waals surface area contributed by atoms with Crippen LogP contribution in [-0.2, 0) is 4.79 Å². The van der Waals surface area contributed by atoms with Crippen molar-refractivity contribution in [1.82, 2.24) is 5.01 Å². The number of hydrogen-bond acceptors (Lipinski definition) is 4. The number of carboxylic acid groups (broad SMARTS) is 1.